The lowest BCUT2D eigenvalue weighted by molar-refractivity contribution is -0.141. The van der Waals surface area contributed by atoms with Gasteiger partial charge in [-0.25, -0.2) is 18.6 Å². The standard InChI is InChI=1S/C22H19F5N4O4S/c1-30-18(33)17-11(8-35-19(17)31(2)21(30)34)7-16(32)29-20-28-15(9-36-20)10-5-13(23)12(14(24)6-10)3-4-22(25,26)27/h5-6,8-9,17,19H,3-4,7H2,1-2H3,(H,28,29,32). The summed E-state index contributed by atoms with van der Waals surface area (Å²) in [4.78, 5) is 43.5. The highest BCUT2D eigenvalue weighted by Crippen LogP contribution is 2.35. The zero-order valence-corrected chi connectivity index (χ0v) is 19.7. The van der Waals surface area contributed by atoms with Gasteiger partial charge in [-0.3, -0.25) is 19.4 Å². The molecule has 2 aromatic rings. The van der Waals surface area contributed by atoms with Crippen molar-refractivity contribution in [2.45, 2.75) is 31.7 Å². The third kappa shape index (κ3) is 5.03. The fourth-order valence-electron chi connectivity index (χ4n) is 3.96. The average Bonchev–Trinajstić information content (AvgIpc) is 3.42. The topological polar surface area (TPSA) is 91.8 Å². The van der Waals surface area contributed by atoms with Crippen molar-refractivity contribution in [1.82, 2.24) is 14.8 Å². The highest BCUT2D eigenvalue weighted by molar-refractivity contribution is 7.14. The van der Waals surface area contributed by atoms with Gasteiger partial charge in [0.15, 0.2) is 11.4 Å². The van der Waals surface area contributed by atoms with E-state index in [0.717, 1.165) is 28.4 Å². The van der Waals surface area contributed by atoms with Gasteiger partial charge in [0.2, 0.25) is 11.8 Å². The van der Waals surface area contributed by atoms with Gasteiger partial charge in [-0.1, -0.05) is 0 Å². The molecule has 0 bridgehead atoms. The number of imide groups is 1. The van der Waals surface area contributed by atoms with E-state index < -0.39 is 66.2 Å². The van der Waals surface area contributed by atoms with E-state index in [9.17, 15) is 36.3 Å². The number of ether oxygens (including phenoxy) is 1. The smallest absolute Gasteiger partial charge is 0.389 e. The van der Waals surface area contributed by atoms with Gasteiger partial charge < -0.3 is 10.1 Å². The van der Waals surface area contributed by atoms with Gasteiger partial charge in [-0.15, -0.1) is 11.3 Å². The second-order valence-electron chi connectivity index (χ2n) is 8.28. The Morgan fingerprint density at radius 2 is 1.86 bits per heavy atom. The van der Waals surface area contributed by atoms with Crippen molar-refractivity contribution in [1.29, 1.82) is 0 Å². The van der Waals surface area contributed by atoms with Gasteiger partial charge in [-0.05, 0) is 24.1 Å². The summed E-state index contributed by atoms with van der Waals surface area (Å²) < 4.78 is 71.2. The monoisotopic (exact) mass is 530 g/mol. The highest BCUT2D eigenvalue weighted by atomic mass is 32.1. The summed E-state index contributed by atoms with van der Waals surface area (Å²) in [5, 5.41) is 4.06. The molecule has 2 aliphatic heterocycles. The number of aromatic nitrogens is 1. The lowest BCUT2D eigenvalue weighted by Gasteiger charge is -2.37. The molecule has 8 nitrogen and oxygen atoms in total. The highest BCUT2D eigenvalue weighted by Gasteiger charge is 2.49. The quantitative estimate of drug-likeness (QED) is 0.563. The van der Waals surface area contributed by atoms with Crippen LogP contribution in [0.1, 0.15) is 18.4 Å². The predicted molar refractivity (Wildman–Crippen MR) is 117 cm³/mol. The van der Waals surface area contributed by atoms with Crippen LogP contribution in [0.15, 0.2) is 29.3 Å². The van der Waals surface area contributed by atoms with Gasteiger partial charge in [0, 0.05) is 37.0 Å². The first-order valence-corrected chi connectivity index (χ1v) is 11.4. The number of halogens is 5. The molecule has 2 unspecified atom stereocenters. The molecule has 0 aliphatic carbocycles. The number of fused-ring (bicyclic) bond motifs is 1. The van der Waals surface area contributed by atoms with E-state index in [1.54, 1.807) is 0 Å². The van der Waals surface area contributed by atoms with Crippen molar-refractivity contribution in [2.75, 3.05) is 19.4 Å². The third-order valence-electron chi connectivity index (χ3n) is 5.82. The summed E-state index contributed by atoms with van der Waals surface area (Å²) in [6.45, 7) is 0. The molecule has 0 spiro atoms. The van der Waals surface area contributed by atoms with Crippen LogP contribution >= 0.6 is 11.3 Å². The molecule has 3 heterocycles. The number of hydrogen-bond donors (Lipinski definition) is 1. The molecular formula is C22H19F5N4O4S. The molecule has 2 atom stereocenters. The van der Waals surface area contributed by atoms with Crippen LogP contribution in [0.4, 0.5) is 31.9 Å². The largest absolute Gasteiger partial charge is 0.477 e. The minimum atomic E-state index is -4.55. The first kappa shape index (κ1) is 25.5. The number of hydrogen-bond acceptors (Lipinski definition) is 6. The molecule has 192 valence electrons. The van der Waals surface area contributed by atoms with E-state index in [0.29, 0.717) is 5.57 Å². The second kappa shape index (κ2) is 9.48. The van der Waals surface area contributed by atoms with Crippen molar-refractivity contribution in [3.63, 3.8) is 0 Å². The Bertz CT molecular complexity index is 1240. The maximum atomic E-state index is 14.3. The normalized spacial score (nSPS) is 19.8. The van der Waals surface area contributed by atoms with Crippen LogP contribution in [0, 0.1) is 17.6 Å². The van der Waals surface area contributed by atoms with Crippen LogP contribution in [0.25, 0.3) is 11.3 Å². The number of nitrogens with one attached hydrogen (secondary N) is 1. The molecule has 1 saturated heterocycles. The third-order valence-corrected chi connectivity index (χ3v) is 6.58. The lowest BCUT2D eigenvalue weighted by atomic mass is 9.93. The van der Waals surface area contributed by atoms with Gasteiger partial charge in [-0.2, -0.15) is 13.2 Å². The van der Waals surface area contributed by atoms with Crippen molar-refractivity contribution < 1.29 is 41.1 Å². The molecule has 4 rings (SSSR count). The number of anilines is 1. The Kier molecular flexibility index (Phi) is 6.73. The first-order chi connectivity index (χ1) is 16.9. The summed E-state index contributed by atoms with van der Waals surface area (Å²) in [7, 11) is 2.81. The summed E-state index contributed by atoms with van der Waals surface area (Å²) in [5.74, 6) is -4.13. The second-order valence-corrected chi connectivity index (χ2v) is 9.14. The van der Waals surface area contributed by atoms with Crippen molar-refractivity contribution in [3.05, 3.63) is 46.5 Å². The Labute approximate surface area is 205 Å². The SMILES string of the molecule is CN1C(=O)C2C(CC(=O)Nc3nc(-c4cc(F)c(CCC(F)(F)F)c(F)c4)cs3)=COC2N(C)C1=O. The zero-order chi connectivity index (χ0) is 26.4. The van der Waals surface area contributed by atoms with Crippen LogP contribution in [0.5, 0.6) is 0 Å². The average molecular weight is 530 g/mol. The maximum Gasteiger partial charge on any atom is 0.389 e. The first-order valence-electron chi connectivity index (χ1n) is 10.5. The number of rotatable bonds is 6. The van der Waals surface area contributed by atoms with E-state index in [4.69, 9.17) is 4.74 Å². The summed E-state index contributed by atoms with van der Waals surface area (Å²) in [6.07, 6.45) is -6.54. The van der Waals surface area contributed by atoms with E-state index in [2.05, 4.69) is 10.3 Å². The number of alkyl halides is 3. The minimum Gasteiger partial charge on any atom is -0.477 e. The van der Waals surface area contributed by atoms with Crippen LogP contribution < -0.4 is 5.32 Å². The van der Waals surface area contributed by atoms with Crippen LogP contribution in [-0.4, -0.2) is 59.1 Å². The molecule has 2 aliphatic rings. The fraction of sp³-hybridized carbons (Fsp3) is 0.364. The lowest BCUT2D eigenvalue weighted by Crippen LogP contribution is -2.58. The molecule has 1 aromatic carbocycles. The maximum absolute atomic E-state index is 14.3. The summed E-state index contributed by atoms with van der Waals surface area (Å²) in [6, 6.07) is 1.25. The number of amides is 4. The van der Waals surface area contributed by atoms with Crippen LogP contribution in [0.2, 0.25) is 0 Å². The Balaban J connectivity index is 1.42. The Morgan fingerprint density at radius 1 is 1.19 bits per heavy atom. The van der Waals surface area contributed by atoms with E-state index in [1.807, 2.05) is 0 Å². The van der Waals surface area contributed by atoms with Crippen molar-refractivity contribution in [3.8, 4) is 11.3 Å². The number of urea groups is 1. The summed E-state index contributed by atoms with van der Waals surface area (Å²) >= 11 is 0.969. The fourth-order valence-corrected chi connectivity index (χ4v) is 4.69. The predicted octanol–water partition coefficient (Wildman–Crippen LogP) is 4.29. The van der Waals surface area contributed by atoms with E-state index in [1.165, 1.54) is 30.6 Å². The molecule has 1 fully saturated rings. The van der Waals surface area contributed by atoms with Gasteiger partial charge in [0.05, 0.1) is 18.4 Å². The van der Waals surface area contributed by atoms with Crippen LogP contribution in [0.3, 0.4) is 0 Å². The number of thiazole rings is 1. The molecule has 36 heavy (non-hydrogen) atoms. The molecule has 1 aromatic heterocycles. The molecule has 0 radical (unpaired) electrons. The van der Waals surface area contributed by atoms with Crippen molar-refractivity contribution >= 4 is 34.3 Å². The number of carbonyl (C=O) groups excluding carboxylic acids is 3. The molecular weight excluding hydrogens is 511 g/mol. The molecule has 0 saturated carbocycles. The number of benzene rings is 1. The zero-order valence-electron chi connectivity index (χ0n) is 18.9. The molecule has 1 N–H and O–H groups in total. The number of nitrogens with zero attached hydrogens (tertiary/aromatic N) is 3. The minimum absolute atomic E-state index is 0.00389. The van der Waals surface area contributed by atoms with E-state index in [-0.39, 0.29) is 22.8 Å². The number of carbonyl (C=O) groups is 3. The summed E-state index contributed by atoms with van der Waals surface area (Å²) in [5.41, 5.74) is -0.191. The van der Waals surface area contributed by atoms with Crippen LogP contribution in [-0.2, 0) is 20.7 Å². The Hall–Kier alpha value is -3.55. The van der Waals surface area contributed by atoms with E-state index >= 15 is 0 Å². The van der Waals surface area contributed by atoms with Crippen molar-refractivity contribution in [2.24, 2.45) is 5.92 Å². The molecule has 14 heteroatoms. The molecule has 4 amide bonds. The van der Waals surface area contributed by atoms with Gasteiger partial charge >= 0.3 is 12.2 Å². The van der Waals surface area contributed by atoms with Gasteiger partial charge in [0.1, 0.15) is 17.6 Å². The van der Waals surface area contributed by atoms with Gasteiger partial charge in [0.25, 0.3) is 0 Å². The Morgan fingerprint density at radius 3 is 2.50 bits per heavy atom.